The van der Waals surface area contributed by atoms with E-state index in [2.05, 4.69) is 10.2 Å². The number of hydrogen-bond donors (Lipinski definition) is 4. The number of thioether (sulfide) groups is 1. The van der Waals surface area contributed by atoms with Crippen LogP contribution in [0.1, 0.15) is 62.7 Å². The third-order valence-electron chi connectivity index (χ3n) is 6.70. The van der Waals surface area contributed by atoms with Crippen molar-refractivity contribution in [2.45, 2.75) is 69.9 Å². The van der Waals surface area contributed by atoms with E-state index < -0.39 is 65.3 Å². The van der Waals surface area contributed by atoms with Gasteiger partial charge in [0.25, 0.3) is 11.2 Å². The number of aliphatic carboxylic acids is 1. The summed E-state index contributed by atoms with van der Waals surface area (Å²) >= 11 is 7.12. The maximum atomic E-state index is 12.8. The van der Waals surface area contributed by atoms with E-state index in [0.717, 1.165) is 35.0 Å². The molecule has 3 unspecified atom stereocenters. The van der Waals surface area contributed by atoms with Crippen molar-refractivity contribution in [1.29, 1.82) is 0 Å². The molecule has 0 aliphatic heterocycles. The van der Waals surface area contributed by atoms with Gasteiger partial charge in [0.2, 0.25) is 5.16 Å². The number of aromatic nitrogens is 3. The molecule has 310 valence electrons. The normalized spacial score (nSPS) is 13.3. The van der Waals surface area contributed by atoms with Crippen LogP contribution in [0.2, 0.25) is 5.02 Å². The lowest BCUT2D eigenvalue weighted by atomic mass is 9.93. The van der Waals surface area contributed by atoms with Crippen LogP contribution in [-0.4, -0.2) is 85.5 Å². The maximum absolute atomic E-state index is 12.8. The summed E-state index contributed by atoms with van der Waals surface area (Å²) in [5.41, 5.74) is 2.70. The van der Waals surface area contributed by atoms with E-state index >= 15 is 0 Å². The number of halogens is 4. The fourth-order valence-corrected chi connectivity index (χ4v) is 5.20. The van der Waals surface area contributed by atoms with Crippen LogP contribution in [0.4, 0.5) is 18.9 Å². The third-order valence-corrected chi connectivity index (χ3v) is 8.73. The van der Waals surface area contributed by atoms with Crippen molar-refractivity contribution < 1.29 is 61.3 Å². The largest absolute Gasteiger partial charge is 0.480 e. The molecule has 0 fully saturated rings. The Morgan fingerprint density at radius 1 is 1.14 bits per heavy atom. The van der Waals surface area contributed by atoms with Crippen molar-refractivity contribution >= 4 is 54.3 Å². The number of esters is 2. The Balaban J connectivity index is 0.000000514. The first kappa shape index (κ1) is 49.3. The number of nitrogen functional groups attached to an aromatic ring is 1. The molecular formula is C32H41ClF3N6O12PS. The fourth-order valence-electron chi connectivity index (χ4n) is 3.82. The topological polar surface area (TPSA) is 279 Å². The highest BCUT2D eigenvalue weighted by Gasteiger charge is 2.31. The summed E-state index contributed by atoms with van der Waals surface area (Å²) in [6.07, 6.45) is -4.15. The van der Waals surface area contributed by atoms with Gasteiger partial charge in [-0.2, -0.15) is 17.8 Å². The lowest BCUT2D eigenvalue weighted by Gasteiger charge is -2.16. The number of carboxylic acid groups (broad SMARTS) is 1. The average Bonchev–Trinajstić information content (AvgIpc) is 3.08. The van der Waals surface area contributed by atoms with E-state index in [1.54, 1.807) is 13.2 Å². The van der Waals surface area contributed by atoms with Gasteiger partial charge in [0.1, 0.15) is 28.8 Å². The van der Waals surface area contributed by atoms with Gasteiger partial charge in [-0.3, -0.25) is 24.3 Å². The van der Waals surface area contributed by atoms with E-state index in [1.165, 1.54) is 25.4 Å². The molecule has 18 nitrogen and oxygen atoms in total. The van der Waals surface area contributed by atoms with E-state index in [1.807, 2.05) is 20.8 Å². The van der Waals surface area contributed by atoms with Crippen molar-refractivity contribution in [2.75, 3.05) is 31.5 Å². The molecule has 56 heavy (non-hydrogen) atoms. The zero-order valence-electron chi connectivity index (χ0n) is 31.0. The number of alkyl halides is 3. The van der Waals surface area contributed by atoms with Gasteiger partial charge in [-0.05, 0) is 50.8 Å². The molecule has 0 radical (unpaired) electrons. The number of nitro benzene ring substituents is 1. The predicted molar refractivity (Wildman–Crippen MR) is 199 cm³/mol. The summed E-state index contributed by atoms with van der Waals surface area (Å²) in [5, 5.41) is 27.3. The second kappa shape index (κ2) is 21.0. The molecule has 0 aliphatic rings. The zero-order valence-corrected chi connectivity index (χ0v) is 33.5. The van der Waals surface area contributed by atoms with Crippen molar-refractivity contribution in [3.05, 3.63) is 78.7 Å². The van der Waals surface area contributed by atoms with Crippen molar-refractivity contribution in [3.8, 4) is 11.5 Å². The maximum Gasteiger partial charge on any atom is 0.416 e. The molecule has 24 heteroatoms. The molecule has 1 heterocycles. The molecule has 2 aromatic carbocycles. The lowest BCUT2D eigenvalue weighted by molar-refractivity contribution is -0.385. The molecule has 0 aliphatic carbocycles. The Kier molecular flexibility index (Phi) is 18.4. The summed E-state index contributed by atoms with van der Waals surface area (Å²) in [7, 11) is -3.10. The van der Waals surface area contributed by atoms with E-state index in [0.29, 0.717) is 16.9 Å². The molecule has 1 aromatic heterocycles. The second-order valence-corrected chi connectivity index (χ2v) is 16.2. The third kappa shape index (κ3) is 15.8. The SMILES string of the molecule is CCOC(=O)C(C)OC(=O)c1cc(Oc2ccc(C(F)(F)F)cc2Cl)ccc1[N+](=O)[O-].CP(=O)(O)CCC(N)C(=O)O.CSc1nnc(C(C)(C)C)c(=O)n1N. The number of nitro groups is 1. The van der Waals surface area contributed by atoms with Crippen LogP contribution >= 0.6 is 30.7 Å². The molecule has 0 spiro atoms. The van der Waals surface area contributed by atoms with Crippen LogP contribution in [0.5, 0.6) is 11.5 Å². The minimum Gasteiger partial charge on any atom is -0.480 e. The van der Waals surface area contributed by atoms with Crippen molar-refractivity contribution in [3.63, 3.8) is 0 Å². The summed E-state index contributed by atoms with van der Waals surface area (Å²) in [6, 6.07) is 4.34. The molecule has 3 atom stereocenters. The number of ether oxygens (including phenoxy) is 3. The molecule has 3 aromatic rings. The zero-order chi connectivity index (χ0) is 43.3. The van der Waals surface area contributed by atoms with E-state index in [-0.39, 0.29) is 46.7 Å². The Morgan fingerprint density at radius 3 is 2.21 bits per heavy atom. The Morgan fingerprint density at radius 2 is 1.75 bits per heavy atom. The molecule has 0 saturated carbocycles. The quantitative estimate of drug-likeness (QED) is 0.0453. The number of hydrogen-bond acceptors (Lipinski definition) is 15. The Hall–Kier alpha value is -4.76. The number of carboxylic acids is 1. The first-order valence-corrected chi connectivity index (χ1v) is 19.8. The Bertz CT molecular complexity index is 1990. The molecule has 0 bridgehead atoms. The number of rotatable bonds is 12. The molecular weight excluding hydrogens is 816 g/mol. The van der Waals surface area contributed by atoms with Crippen molar-refractivity contribution in [2.24, 2.45) is 5.73 Å². The van der Waals surface area contributed by atoms with Gasteiger partial charge in [-0.15, -0.1) is 10.2 Å². The van der Waals surface area contributed by atoms with Crippen LogP contribution in [0.15, 0.2) is 46.3 Å². The molecule has 6 N–H and O–H groups in total. The highest BCUT2D eigenvalue weighted by Crippen LogP contribution is 2.38. The fraction of sp³-hybridized carbons (Fsp3) is 0.438. The van der Waals surface area contributed by atoms with Crippen molar-refractivity contribution in [1.82, 2.24) is 14.9 Å². The number of carbonyl (C=O) groups is 3. The summed E-state index contributed by atoms with van der Waals surface area (Å²) in [4.78, 5) is 65.0. The van der Waals surface area contributed by atoms with E-state index in [4.69, 9.17) is 47.4 Å². The van der Waals surface area contributed by atoms with Gasteiger partial charge in [0.05, 0.1) is 22.1 Å². The highest BCUT2D eigenvalue weighted by molar-refractivity contribution is 7.98. The van der Waals surface area contributed by atoms with Gasteiger partial charge in [0.15, 0.2) is 13.5 Å². The Labute approximate surface area is 327 Å². The molecule has 3 rings (SSSR count). The number of carbonyl (C=O) groups excluding carboxylic acids is 2. The van der Waals surface area contributed by atoms with Gasteiger partial charge in [0, 0.05) is 30.4 Å². The van der Waals surface area contributed by atoms with Gasteiger partial charge < -0.3 is 35.8 Å². The summed E-state index contributed by atoms with van der Waals surface area (Å²) in [6.45, 7) is 9.69. The number of nitrogens with zero attached hydrogens (tertiary/aromatic N) is 4. The first-order valence-electron chi connectivity index (χ1n) is 15.9. The number of nitrogens with two attached hydrogens (primary N) is 2. The minimum atomic E-state index is -4.61. The molecule has 0 saturated heterocycles. The minimum absolute atomic E-state index is 0.0398. The lowest BCUT2D eigenvalue weighted by Crippen LogP contribution is -2.37. The summed E-state index contributed by atoms with van der Waals surface area (Å²) < 4.78 is 64.9. The van der Waals surface area contributed by atoms with E-state index in [9.17, 15) is 47.0 Å². The highest BCUT2D eigenvalue weighted by atomic mass is 35.5. The number of benzene rings is 2. The van der Waals surface area contributed by atoms with Gasteiger partial charge in [-0.1, -0.05) is 44.1 Å². The standard InChI is InChI=1S/C19H15ClF3NO7.C8H14N4OS.C5H12NO4P/c1-3-29-17(25)10(2)30-18(26)13-9-12(5-6-15(13)24(27)28)31-16-7-4-11(8-14(16)20)19(21,22)23;1-8(2,3)5-6(13)12(9)7(14-4)11-10-5;1-11(9,10)3-2-4(6)5(7)8/h4-10H,3H2,1-2H3;9H2,1-4H3;4H,2-3,6H2,1H3,(H,7,8)(H,9,10). The van der Waals surface area contributed by atoms with Crippen LogP contribution in [0, 0.1) is 10.1 Å². The predicted octanol–water partition coefficient (Wildman–Crippen LogP) is 5.23. The van der Waals surface area contributed by atoms with Crippen LogP contribution in [0.3, 0.4) is 0 Å². The van der Waals surface area contributed by atoms with Crippen LogP contribution < -0.4 is 21.9 Å². The molecule has 0 amide bonds. The van der Waals surface area contributed by atoms with Crippen LogP contribution in [0.25, 0.3) is 0 Å². The first-order chi connectivity index (χ1) is 25.6. The smallest absolute Gasteiger partial charge is 0.416 e. The second-order valence-electron chi connectivity index (χ2n) is 12.4. The average molecular weight is 857 g/mol. The van der Waals surface area contributed by atoms with Gasteiger partial charge >= 0.3 is 24.1 Å². The summed E-state index contributed by atoms with van der Waals surface area (Å²) in [5.74, 6) is 2.07. The van der Waals surface area contributed by atoms with Gasteiger partial charge in [-0.25, -0.2) is 9.59 Å². The monoisotopic (exact) mass is 856 g/mol. The van der Waals surface area contributed by atoms with Crippen LogP contribution in [-0.2, 0) is 35.2 Å².